The van der Waals surface area contributed by atoms with Crippen LogP contribution < -0.4 is 14.8 Å². The number of fused-ring (bicyclic) bond motifs is 1. The summed E-state index contributed by atoms with van der Waals surface area (Å²) < 4.78 is 11.4. The third-order valence-electron chi connectivity index (χ3n) is 4.19. The molecule has 0 fully saturated rings. The van der Waals surface area contributed by atoms with Crippen molar-refractivity contribution in [2.75, 3.05) is 12.9 Å². The number of carbonyl (C=O) groups excluding carboxylic acids is 1. The van der Waals surface area contributed by atoms with Crippen molar-refractivity contribution in [1.82, 2.24) is 5.32 Å². The molecule has 1 aliphatic heterocycles. The Morgan fingerprint density at radius 2 is 2.04 bits per heavy atom. The number of benzene rings is 2. The Kier molecular flexibility index (Phi) is 5.68. The number of halogens is 1. The number of thioether (sulfide) groups is 1. The number of amides is 1. The van der Waals surface area contributed by atoms with Gasteiger partial charge in [-0.05, 0) is 56.3 Å². The number of rotatable bonds is 5. The third-order valence-corrected chi connectivity index (χ3v) is 5.46. The van der Waals surface area contributed by atoms with Gasteiger partial charge < -0.3 is 14.8 Å². The number of nitrogens with one attached hydrogen (secondary N) is 1. The van der Waals surface area contributed by atoms with Crippen LogP contribution in [0.2, 0.25) is 5.02 Å². The molecule has 1 heterocycles. The average molecular weight is 392 g/mol. The van der Waals surface area contributed by atoms with Gasteiger partial charge in [-0.3, -0.25) is 4.79 Å². The van der Waals surface area contributed by atoms with Crippen molar-refractivity contribution in [3.63, 3.8) is 0 Å². The lowest BCUT2D eigenvalue weighted by molar-refractivity contribution is -0.119. The first-order valence-corrected chi connectivity index (χ1v) is 9.77. The Morgan fingerprint density at radius 1 is 1.31 bits per heavy atom. The molecule has 0 bridgehead atoms. The number of carbonyl (C=O) groups is 1. The van der Waals surface area contributed by atoms with Crippen molar-refractivity contribution >= 4 is 29.3 Å². The smallest absolute Gasteiger partial charge is 0.230 e. The summed E-state index contributed by atoms with van der Waals surface area (Å²) in [7, 11) is 1.63. The molecule has 3 rings (SSSR count). The summed E-state index contributed by atoms with van der Waals surface area (Å²) >= 11 is 7.38. The summed E-state index contributed by atoms with van der Waals surface area (Å²) in [5, 5.41) is 3.83. The lowest BCUT2D eigenvalue weighted by Gasteiger charge is -2.38. The summed E-state index contributed by atoms with van der Waals surface area (Å²) in [5.41, 5.74) is 0.608. The number of hydrogen-bond donors (Lipinski definition) is 1. The van der Waals surface area contributed by atoms with Gasteiger partial charge in [-0.25, -0.2) is 0 Å². The predicted octanol–water partition coefficient (Wildman–Crippen LogP) is 4.86. The van der Waals surface area contributed by atoms with Crippen molar-refractivity contribution in [3.8, 4) is 11.5 Å². The number of hydrogen-bond acceptors (Lipinski definition) is 4. The minimum atomic E-state index is -0.344. The van der Waals surface area contributed by atoms with E-state index in [4.69, 9.17) is 21.1 Å². The van der Waals surface area contributed by atoms with E-state index >= 15 is 0 Å². The van der Waals surface area contributed by atoms with Crippen LogP contribution >= 0.6 is 23.4 Å². The van der Waals surface area contributed by atoms with Crippen LogP contribution in [-0.2, 0) is 4.79 Å². The fourth-order valence-electron chi connectivity index (χ4n) is 3.00. The van der Waals surface area contributed by atoms with Crippen molar-refractivity contribution in [3.05, 3.63) is 53.1 Å². The highest BCUT2D eigenvalue weighted by molar-refractivity contribution is 8.00. The van der Waals surface area contributed by atoms with Crippen LogP contribution in [0, 0.1) is 0 Å². The van der Waals surface area contributed by atoms with Crippen molar-refractivity contribution in [2.24, 2.45) is 0 Å². The Hall–Kier alpha value is -1.85. The van der Waals surface area contributed by atoms with Crippen molar-refractivity contribution in [2.45, 2.75) is 36.8 Å². The molecule has 1 atom stereocenters. The lowest BCUT2D eigenvalue weighted by atomic mass is 9.89. The van der Waals surface area contributed by atoms with Crippen LogP contribution in [0.25, 0.3) is 0 Å². The molecule has 0 saturated carbocycles. The van der Waals surface area contributed by atoms with Gasteiger partial charge in [0.1, 0.15) is 17.1 Å². The van der Waals surface area contributed by atoms with E-state index in [0.29, 0.717) is 17.2 Å². The molecule has 26 heavy (non-hydrogen) atoms. The van der Waals surface area contributed by atoms with E-state index in [1.807, 2.05) is 56.3 Å². The molecular weight excluding hydrogens is 370 g/mol. The minimum Gasteiger partial charge on any atom is -0.497 e. The van der Waals surface area contributed by atoms with Gasteiger partial charge >= 0.3 is 0 Å². The molecule has 0 saturated heterocycles. The molecule has 1 aliphatic rings. The zero-order valence-electron chi connectivity index (χ0n) is 15.0. The second-order valence-corrected chi connectivity index (χ2v) is 8.32. The molecule has 2 aromatic carbocycles. The molecular formula is C20H22ClNO3S. The highest BCUT2D eigenvalue weighted by Crippen LogP contribution is 2.41. The Bertz CT molecular complexity index is 792. The summed E-state index contributed by atoms with van der Waals surface area (Å²) in [6.07, 6.45) is 0.699. The van der Waals surface area contributed by atoms with Gasteiger partial charge in [0, 0.05) is 21.9 Å². The third kappa shape index (κ3) is 4.65. The maximum atomic E-state index is 12.5. The first-order chi connectivity index (χ1) is 12.4. The van der Waals surface area contributed by atoms with Gasteiger partial charge in [0.25, 0.3) is 0 Å². The van der Waals surface area contributed by atoms with Crippen LogP contribution in [-0.4, -0.2) is 24.4 Å². The van der Waals surface area contributed by atoms with Crippen LogP contribution in [0.1, 0.15) is 31.9 Å². The Balaban J connectivity index is 1.70. The minimum absolute atomic E-state index is 0.0126. The summed E-state index contributed by atoms with van der Waals surface area (Å²) in [4.78, 5) is 13.5. The first kappa shape index (κ1) is 18.9. The zero-order chi connectivity index (χ0) is 18.7. The van der Waals surface area contributed by atoms with Crippen LogP contribution in [0.4, 0.5) is 0 Å². The molecule has 4 nitrogen and oxygen atoms in total. The summed E-state index contributed by atoms with van der Waals surface area (Å²) in [5.74, 6) is 1.87. The SMILES string of the molecule is COc1ccc2c(c1)[C@H](NC(=O)CSc1ccc(Cl)cc1)CC(C)(C)O2. The molecule has 0 unspecified atom stereocenters. The molecule has 0 aliphatic carbocycles. The Morgan fingerprint density at radius 3 is 2.73 bits per heavy atom. The fourth-order valence-corrected chi connectivity index (χ4v) is 3.84. The normalized spacial score (nSPS) is 17.8. The molecule has 1 N–H and O–H groups in total. The van der Waals surface area contributed by atoms with E-state index < -0.39 is 0 Å². The van der Waals surface area contributed by atoms with E-state index in [1.165, 1.54) is 11.8 Å². The fraction of sp³-hybridized carbons (Fsp3) is 0.350. The molecule has 0 radical (unpaired) electrons. The van der Waals surface area contributed by atoms with Gasteiger partial charge in [0.05, 0.1) is 18.9 Å². The zero-order valence-corrected chi connectivity index (χ0v) is 16.6. The van der Waals surface area contributed by atoms with Crippen molar-refractivity contribution < 1.29 is 14.3 Å². The van der Waals surface area contributed by atoms with Gasteiger partial charge in [0.15, 0.2) is 0 Å². The summed E-state index contributed by atoms with van der Waals surface area (Å²) in [6, 6.07) is 13.1. The molecule has 0 spiro atoms. The van der Waals surface area contributed by atoms with Crippen LogP contribution in [0.3, 0.4) is 0 Å². The maximum Gasteiger partial charge on any atom is 0.230 e. The maximum absolute atomic E-state index is 12.5. The second kappa shape index (κ2) is 7.80. The van der Waals surface area contributed by atoms with E-state index in [0.717, 1.165) is 22.0 Å². The highest BCUT2D eigenvalue weighted by Gasteiger charge is 2.34. The van der Waals surface area contributed by atoms with E-state index in [1.54, 1.807) is 7.11 Å². The standard InChI is InChI=1S/C20H22ClNO3S/c1-20(2)11-17(16-10-14(24-3)6-9-18(16)25-20)22-19(23)12-26-15-7-4-13(21)5-8-15/h4-10,17H,11-12H2,1-3H3,(H,22,23)/t17-/m1/s1. The van der Waals surface area contributed by atoms with Gasteiger partial charge in [-0.1, -0.05) is 11.6 Å². The van der Waals surface area contributed by atoms with E-state index in [9.17, 15) is 4.79 Å². The van der Waals surface area contributed by atoms with Gasteiger partial charge in [-0.15, -0.1) is 11.8 Å². The average Bonchev–Trinajstić information content (AvgIpc) is 2.60. The molecule has 138 valence electrons. The Labute approximate surface area is 163 Å². The molecule has 6 heteroatoms. The summed E-state index contributed by atoms with van der Waals surface area (Å²) in [6.45, 7) is 4.06. The molecule has 1 amide bonds. The highest BCUT2D eigenvalue weighted by atomic mass is 35.5. The first-order valence-electron chi connectivity index (χ1n) is 8.41. The van der Waals surface area contributed by atoms with Gasteiger partial charge in [0.2, 0.25) is 5.91 Å². The largest absolute Gasteiger partial charge is 0.497 e. The van der Waals surface area contributed by atoms with E-state index in [2.05, 4.69) is 5.32 Å². The quantitative estimate of drug-likeness (QED) is 0.739. The molecule has 0 aromatic heterocycles. The predicted molar refractivity (Wildman–Crippen MR) is 105 cm³/mol. The van der Waals surface area contributed by atoms with Crippen LogP contribution in [0.15, 0.2) is 47.4 Å². The molecule has 2 aromatic rings. The monoisotopic (exact) mass is 391 g/mol. The number of ether oxygens (including phenoxy) is 2. The van der Waals surface area contributed by atoms with E-state index in [-0.39, 0.29) is 17.6 Å². The topological polar surface area (TPSA) is 47.6 Å². The van der Waals surface area contributed by atoms with Gasteiger partial charge in [-0.2, -0.15) is 0 Å². The van der Waals surface area contributed by atoms with Crippen molar-refractivity contribution in [1.29, 1.82) is 0 Å². The van der Waals surface area contributed by atoms with Crippen LogP contribution in [0.5, 0.6) is 11.5 Å². The lowest BCUT2D eigenvalue weighted by Crippen LogP contribution is -2.41. The second-order valence-electron chi connectivity index (χ2n) is 6.83. The number of methoxy groups -OCH3 is 1.